The third-order valence-electron chi connectivity index (χ3n) is 0.321. The summed E-state index contributed by atoms with van der Waals surface area (Å²) < 4.78 is 44.9. The summed E-state index contributed by atoms with van der Waals surface area (Å²) in [6.07, 6.45) is 0. The maximum Gasteiger partial charge on any atom is 0.394 e. The zero-order valence-electron chi connectivity index (χ0n) is 3.27. The maximum absolute atomic E-state index is 11.3. The van der Waals surface area contributed by atoms with Crippen molar-refractivity contribution in [1.82, 2.24) is 0 Å². The van der Waals surface area contributed by atoms with Crippen LogP contribution in [0.1, 0.15) is 0 Å². The monoisotopic (exact) mass is 214 g/mol. The van der Waals surface area contributed by atoms with Gasteiger partial charge in [0.2, 0.25) is 0 Å². The Labute approximate surface area is 55.9 Å². The Bertz CT molecular complexity index is 69.0. The molecule has 0 atom stereocenters. The van der Waals surface area contributed by atoms with Gasteiger partial charge in [0, 0.05) is 0 Å². The van der Waals surface area contributed by atoms with Gasteiger partial charge in [0.25, 0.3) is 0 Å². The van der Waals surface area contributed by atoms with Gasteiger partial charge in [0.1, 0.15) is 0 Å². The van der Waals surface area contributed by atoms with Gasteiger partial charge in [-0.05, 0) is 27.5 Å². The van der Waals surface area contributed by atoms with E-state index >= 15 is 0 Å². The van der Waals surface area contributed by atoms with Gasteiger partial charge in [0.05, 0.1) is 0 Å². The smallest absolute Gasteiger partial charge is 0.185 e. The summed E-state index contributed by atoms with van der Waals surface area (Å²) in [5, 5.41) is -4.51. The van der Waals surface area contributed by atoms with E-state index in [1.807, 2.05) is 0 Å². The summed E-state index contributed by atoms with van der Waals surface area (Å²) in [6, 6.07) is 0. The van der Waals surface area contributed by atoms with Crippen molar-refractivity contribution in [2.24, 2.45) is 0 Å². The van der Waals surface area contributed by atoms with Gasteiger partial charge >= 0.3 is 10.2 Å². The largest absolute Gasteiger partial charge is 0.394 e. The van der Waals surface area contributed by atoms with E-state index in [1.54, 1.807) is 0 Å². The predicted octanol–water partition coefficient (Wildman–Crippen LogP) is 2.81. The molecule has 0 bridgehead atoms. The fraction of sp³-hybridized carbons (Fsp3) is 1.00. The fourth-order valence-electron chi connectivity index (χ4n) is 0. The lowest BCUT2D eigenvalue weighted by Crippen LogP contribution is -2.27. The van der Waals surface area contributed by atoms with Crippen LogP contribution in [0, 0.1) is 0 Å². The Kier molecular flexibility index (Phi) is 2.15. The molecule has 50 valence electrons. The van der Waals surface area contributed by atoms with Gasteiger partial charge in [-0.2, -0.15) is 17.6 Å². The minimum Gasteiger partial charge on any atom is -0.185 e. The summed E-state index contributed by atoms with van der Waals surface area (Å²) >= 11 is 5.26. The van der Waals surface area contributed by atoms with Crippen LogP contribution in [-0.2, 0) is 0 Å². The van der Waals surface area contributed by atoms with E-state index in [2.05, 4.69) is 11.6 Å². The summed E-state index contributed by atoms with van der Waals surface area (Å²) in [5.41, 5.74) is 0. The highest BCUT2D eigenvalue weighted by atomic mass is 79.9. The van der Waals surface area contributed by atoms with Crippen LogP contribution >= 0.6 is 27.5 Å². The molecule has 0 aliphatic carbocycles. The highest BCUT2D eigenvalue weighted by molar-refractivity contribution is 9.10. The van der Waals surface area contributed by atoms with E-state index in [0.29, 0.717) is 0 Å². The fourth-order valence-corrected chi connectivity index (χ4v) is 0. The third kappa shape index (κ3) is 2.17. The van der Waals surface area contributed by atoms with E-state index in [4.69, 9.17) is 0 Å². The van der Waals surface area contributed by atoms with Crippen molar-refractivity contribution in [2.75, 3.05) is 0 Å². The lowest BCUT2D eigenvalue weighted by atomic mass is 10.7. The predicted molar refractivity (Wildman–Crippen MR) is 24.7 cm³/mol. The van der Waals surface area contributed by atoms with Crippen molar-refractivity contribution < 1.29 is 17.6 Å². The molecule has 0 aliphatic rings. The molecule has 0 heterocycles. The average molecular weight is 215 g/mol. The molecule has 0 amide bonds. The molecule has 0 aromatic carbocycles. The molecule has 8 heavy (non-hydrogen) atoms. The van der Waals surface area contributed by atoms with Crippen LogP contribution in [0.3, 0.4) is 0 Å². The molecule has 0 spiro atoms. The molecular weight excluding hydrogens is 215 g/mol. The Balaban J connectivity index is 4.02. The van der Waals surface area contributed by atoms with Crippen LogP contribution in [0.4, 0.5) is 17.6 Å². The van der Waals surface area contributed by atoms with Gasteiger partial charge in [0.15, 0.2) is 0 Å². The molecule has 0 radical (unpaired) electrons. The molecule has 0 aliphatic heterocycles. The summed E-state index contributed by atoms with van der Waals surface area (Å²) in [6.45, 7) is 0. The van der Waals surface area contributed by atoms with E-state index < -0.39 is 10.2 Å². The maximum atomic E-state index is 11.3. The molecule has 0 aromatic heterocycles. The molecule has 0 saturated heterocycles. The van der Waals surface area contributed by atoms with E-state index in [0.717, 1.165) is 0 Å². The lowest BCUT2D eigenvalue weighted by Gasteiger charge is -2.12. The van der Waals surface area contributed by atoms with Crippen LogP contribution < -0.4 is 0 Å². The first-order valence-electron chi connectivity index (χ1n) is 1.38. The number of hydrogen-bond donors (Lipinski definition) is 0. The molecule has 6 heteroatoms. The second kappa shape index (κ2) is 2.02. The summed E-state index contributed by atoms with van der Waals surface area (Å²) in [4.78, 5) is -4.32. The normalized spacial score (nSPS) is 14.2. The second-order valence-corrected chi connectivity index (χ2v) is 2.47. The zero-order chi connectivity index (χ0) is 7.00. The third-order valence-corrected chi connectivity index (χ3v) is 1.29. The van der Waals surface area contributed by atoms with Gasteiger partial charge in [-0.25, -0.2) is 0 Å². The topological polar surface area (TPSA) is 0 Å². The van der Waals surface area contributed by atoms with Crippen LogP contribution in [0.5, 0.6) is 0 Å². The summed E-state index contributed by atoms with van der Waals surface area (Å²) in [7, 11) is 0. The molecule has 0 saturated carbocycles. The molecule has 0 nitrogen and oxygen atoms in total. The number of halogens is 6. The van der Waals surface area contributed by atoms with Crippen molar-refractivity contribution >= 4 is 27.5 Å². The highest BCUT2D eigenvalue weighted by Crippen LogP contribution is 2.41. The van der Waals surface area contributed by atoms with E-state index in [9.17, 15) is 17.6 Å². The van der Waals surface area contributed by atoms with E-state index in [1.165, 1.54) is 15.9 Å². The van der Waals surface area contributed by atoms with Crippen molar-refractivity contribution in [3.63, 3.8) is 0 Å². The number of alkyl halides is 6. The Morgan fingerprint density at radius 2 is 1.25 bits per heavy atom. The Morgan fingerprint density at radius 1 is 1.12 bits per heavy atom. The van der Waals surface area contributed by atoms with Crippen LogP contribution in [-0.4, -0.2) is 10.2 Å². The van der Waals surface area contributed by atoms with Crippen LogP contribution in [0.15, 0.2) is 0 Å². The molecule has 0 fully saturated rings. The number of hydrogen-bond acceptors (Lipinski definition) is 0. The lowest BCUT2D eigenvalue weighted by molar-refractivity contribution is -0.0843. The first-order valence-corrected chi connectivity index (χ1v) is 2.55. The molecule has 0 rings (SSSR count). The Morgan fingerprint density at radius 3 is 1.25 bits per heavy atom. The first-order chi connectivity index (χ1) is 3.25. The average Bonchev–Trinajstić information content (AvgIpc) is 1.25. The van der Waals surface area contributed by atoms with Crippen molar-refractivity contribution in [3.8, 4) is 0 Å². The van der Waals surface area contributed by atoms with Crippen molar-refractivity contribution in [2.45, 2.75) is 10.2 Å². The first kappa shape index (κ1) is 8.49. The van der Waals surface area contributed by atoms with Crippen molar-refractivity contribution in [3.05, 3.63) is 0 Å². The molecule has 0 unspecified atom stereocenters. The second-order valence-electron chi connectivity index (χ2n) is 0.996. The minimum absolute atomic E-state index is 1.38. The quantitative estimate of drug-likeness (QED) is 0.466. The molecule has 0 aromatic rings. The Hall–Kier alpha value is 0.490. The van der Waals surface area contributed by atoms with Crippen LogP contribution in [0.2, 0.25) is 0 Å². The highest BCUT2D eigenvalue weighted by Gasteiger charge is 2.52. The van der Waals surface area contributed by atoms with Crippen LogP contribution in [0.25, 0.3) is 0 Å². The van der Waals surface area contributed by atoms with Gasteiger partial charge in [-0.3, -0.25) is 0 Å². The zero-order valence-corrected chi connectivity index (χ0v) is 5.61. The van der Waals surface area contributed by atoms with Gasteiger partial charge in [-0.15, -0.1) is 0 Å². The van der Waals surface area contributed by atoms with Gasteiger partial charge < -0.3 is 0 Å². The summed E-state index contributed by atoms with van der Waals surface area (Å²) in [5.74, 6) is 0. The molecular formula is C2BrClF4. The molecule has 0 N–H and O–H groups in total. The van der Waals surface area contributed by atoms with Crippen molar-refractivity contribution in [1.29, 1.82) is 0 Å². The number of rotatable bonds is 1. The van der Waals surface area contributed by atoms with E-state index in [-0.39, 0.29) is 0 Å². The van der Waals surface area contributed by atoms with Gasteiger partial charge in [-0.1, -0.05) is 0 Å². The SMILES string of the molecule is FC(F)(Cl)C(F)(F)Br. The minimum atomic E-state index is -4.51. The standard InChI is InChI=1S/C2BrClF4/c3-1(5,6)2(4,7)8.